The van der Waals surface area contributed by atoms with E-state index >= 15 is 0 Å². The molecule has 0 saturated carbocycles. The minimum absolute atomic E-state index is 0.217. The molecule has 0 bridgehead atoms. The first-order chi connectivity index (χ1) is 5.14. The van der Waals surface area contributed by atoms with E-state index < -0.39 is 10.3 Å². The van der Waals surface area contributed by atoms with Crippen LogP contribution in [0.4, 0.5) is 0 Å². The summed E-state index contributed by atoms with van der Waals surface area (Å²) in [5.74, 6) is 5.36. The Labute approximate surface area is 66.2 Å². The zero-order valence-electron chi connectivity index (χ0n) is 6.12. The third-order valence-corrected chi connectivity index (χ3v) is 2.30. The van der Waals surface area contributed by atoms with Crippen molar-refractivity contribution >= 4 is 10.3 Å². The molecule has 62 valence electrons. The van der Waals surface area contributed by atoms with E-state index in [1.54, 1.807) is 6.92 Å². The number of hydrogen-bond acceptors (Lipinski definition) is 3. The first-order valence-corrected chi connectivity index (χ1v) is 4.64. The van der Waals surface area contributed by atoms with Gasteiger partial charge in [-0.25, -0.2) is 0 Å². The van der Waals surface area contributed by atoms with Gasteiger partial charge in [-0.15, -0.1) is 5.92 Å². The van der Waals surface area contributed by atoms with Crippen molar-refractivity contribution in [1.82, 2.24) is 4.72 Å². The summed E-state index contributed by atoms with van der Waals surface area (Å²) in [6.45, 7) is 1.89. The number of rotatable bonds is 0. The summed E-state index contributed by atoms with van der Waals surface area (Å²) < 4.78 is 28.2. The molecule has 0 amide bonds. The normalized spacial score (nSPS) is 28.6. The zero-order valence-corrected chi connectivity index (χ0v) is 6.94. The highest BCUT2D eigenvalue weighted by Gasteiger charge is 2.22. The van der Waals surface area contributed by atoms with Gasteiger partial charge in [0, 0.05) is 0 Å². The molecule has 0 aromatic rings. The van der Waals surface area contributed by atoms with Gasteiger partial charge in [0.25, 0.3) is 0 Å². The van der Waals surface area contributed by atoms with Crippen LogP contribution in [0.15, 0.2) is 0 Å². The number of nitrogens with one attached hydrogen (secondary N) is 1. The van der Waals surface area contributed by atoms with Crippen molar-refractivity contribution in [2.75, 3.05) is 6.61 Å². The third kappa shape index (κ3) is 2.50. The quantitative estimate of drug-likeness (QED) is 0.511. The van der Waals surface area contributed by atoms with Crippen LogP contribution < -0.4 is 4.72 Å². The van der Waals surface area contributed by atoms with E-state index in [2.05, 4.69) is 20.7 Å². The largest absolute Gasteiger partial charge is 0.336 e. The Balaban J connectivity index is 2.65. The van der Waals surface area contributed by atoms with Gasteiger partial charge >= 0.3 is 10.3 Å². The lowest BCUT2D eigenvalue weighted by Crippen LogP contribution is -2.40. The lowest BCUT2D eigenvalue weighted by atomic mass is 10.2. The minimum Gasteiger partial charge on any atom is -0.258 e. The molecule has 0 aromatic heterocycles. The molecule has 1 heterocycles. The van der Waals surface area contributed by atoms with Gasteiger partial charge in [0.05, 0.1) is 12.6 Å². The molecule has 0 spiro atoms. The molecule has 5 heteroatoms. The average molecular weight is 175 g/mol. The first-order valence-electron chi connectivity index (χ1n) is 3.23. The third-order valence-electron chi connectivity index (χ3n) is 1.25. The molecular formula is C6H9NO3S. The molecule has 1 atom stereocenters. The Morgan fingerprint density at radius 2 is 2.36 bits per heavy atom. The van der Waals surface area contributed by atoms with Crippen LogP contribution in [0, 0.1) is 11.8 Å². The van der Waals surface area contributed by atoms with Gasteiger partial charge in [-0.05, 0) is 13.3 Å². The SMILES string of the molecule is CC#CC1CCOS(=O)(=O)N1. The summed E-state index contributed by atoms with van der Waals surface area (Å²) in [4.78, 5) is 0. The van der Waals surface area contributed by atoms with Crippen LogP contribution in [-0.4, -0.2) is 21.1 Å². The van der Waals surface area contributed by atoms with Crippen LogP contribution in [-0.2, 0) is 14.5 Å². The van der Waals surface area contributed by atoms with Gasteiger partial charge < -0.3 is 0 Å². The Bertz CT molecular complexity index is 285. The van der Waals surface area contributed by atoms with Crippen molar-refractivity contribution in [2.45, 2.75) is 19.4 Å². The molecule has 1 aliphatic rings. The van der Waals surface area contributed by atoms with Gasteiger partial charge in [-0.3, -0.25) is 4.18 Å². The standard InChI is InChI=1S/C6H9NO3S/c1-2-3-6-4-5-10-11(8,9)7-6/h6-7H,4-5H2,1H3. The Hall–Kier alpha value is -0.570. The van der Waals surface area contributed by atoms with Gasteiger partial charge in [-0.1, -0.05) is 5.92 Å². The maximum atomic E-state index is 10.7. The molecule has 0 radical (unpaired) electrons. The van der Waals surface area contributed by atoms with E-state index in [4.69, 9.17) is 0 Å². The first kappa shape index (κ1) is 8.53. The Morgan fingerprint density at radius 3 is 2.91 bits per heavy atom. The summed E-state index contributed by atoms with van der Waals surface area (Å²) >= 11 is 0. The maximum absolute atomic E-state index is 10.7. The highest BCUT2D eigenvalue weighted by Crippen LogP contribution is 2.04. The van der Waals surface area contributed by atoms with E-state index in [0.29, 0.717) is 6.42 Å². The van der Waals surface area contributed by atoms with Gasteiger partial charge in [0.15, 0.2) is 0 Å². The van der Waals surface area contributed by atoms with Crippen LogP contribution in [0.2, 0.25) is 0 Å². The van der Waals surface area contributed by atoms with E-state index in [1.807, 2.05) is 0 Å². The summed E-state index contributed by atoms with van der Waals surface area (Å²) in [6.07, 6.45) is 0.611. The van der Waals surface area contributed by atoms with Crippen molar-refractivity contribution in [3.8, 4) is 11.8 Å². The monoisotopic (exact) mass is 175 g/mol. The topological polar surface area (TPSA) is 55.4 Å². The summed E-state index contributed by atoms with van der Waals surface area (Å²) in [5, 5.41) is 0. The van der Waals surface area contributed by atoms with Gasteiger partial charge in [-0.2, -0.15) is 13.1 Å². The fraction of sp³-hybridized carbons (Fsp3) is 0.667. The van der Waals surface area contributed by atoms with Crippen molar-refractivity contribution < 1.29 is 12.6 Å². The summed E-state index contributed by atoms with van der Waals surface area (Å²) in [5.41, 5.74) is 0. The molecule has 0 aliphatic carbocycles. The molecule has 1 unspecified atom stereocenters. The van der Waals surface area contributed by atoms with Crippen LogP contribution >= 0.6 is 0 Å². The lowest BCUT2D eigenvalue weighted by molar-refractivity contribution is 0.271. The Kier molecular flexibility index (Phi) is 2.49. The van der Waals surface area contributed by atoms with Crippen molar-refractivity contribution in [1.29, 1.82) is 0 Å². The van der Waals surface area contributed by atoms with Crippen LogP contribution in [0.1, 0.15) is 13.3 Å². The smallest absolute Gasteiger partial charge is 0.258 e. The molecule has 11 heavy (non-hydrogen) atoms. The Morgan fingerprint density at radius 1 is 1.64 bits per heavy atom. The average Bonchev–Trinajstić information content (AvgIpc) is 1.85. The second-order valence-electron chi connectivity index (χ2n) is 2.13. The van der Waals surface area contributed by atoms with Crippen LogP contribution in [0.5, 0.6) is 0 Å². The van der Waals surface area contributed by atoms with E-state index in [9.17, 15) is 8.42 Å². The molecule has 0 aromatic carbocycles. The molecule has 1 saturated heterocycles. The van der Waals surface area contributed by atoms with Gasteiger partial charge in [0.2, 0.25) is 0 Å². The fourth-order valence-corrected chi connectivity index (χ4v) is 1.73. The molecule has 1 aliphatic heterocycles. The van der Waals surface area contributed by atoms with Crippen molar-refractivity contribution in [3.63, 3.8) is 0 Å². The maximum Gasteiger partial charge on any atom is 0.336 e. The second-order valence-corrected chi connectivity index (χ2v) is 3.51. The van der Waals surface area contributed by atoms with E-state index in [1.165, 1.54) is 0 Å². The van der Waals surface area contributed by atoms with Gasteiger partial charge in [0.1, 0.15) is 0 Å². The predicted molar refractivity (Wildman–Crippen MR) is 39.9 cm³/mol. The van der Waals surface area contributed by atoms with E-state index in [0.717, 1.165) is 0 Å². The predicted octanol–water partition coefficient (Wildman–Crippen LogP) is -0.367. The molecule has 1 fully saturated rings. The lowest BCUT2D eigenvalue weighted by Gasteiger charge is -2.18. The molecular weight excluding hydrogens is 166 g/mol. The molecule has 4 nitrogen and oxygen atoms in total. The second kappa shape index (κ2) is 3.22. The molecule has 1 rings (SSSR count). The zero-order chi connectivity index (χ0) is 8.32. The fourth-order valence-electron chi connectivity index (χ4n) is 0.819. The van der Waals surface area contributed by atoms with Crippen molar-refractivity contribution in [3.05, 3.63) is 0 Å². The number of hydrogen-bond donors (Lipinski definition) is 1. The summed E-state index contributed by atoms with van der Waals surface area (Å²) in [6, 6.07) is -0.279. The van der Waals surface area contributed by atoms with Crippen molar-refractivity contribution in [2.24, 2.45) is 0 Å². The van der Waals surface area contributed by atoms with Crippen LogP contribution in [0.3, 0.4) is 0 Å². The summed E-state index contributed by atoms with van der Waals surface area (Å²) in [7, 11) is -3.51. The van der Waals surface area contributed by atoms with E-state index in [-0.39, 0.29) is 12.6 Å². The van der Waals surface area contributed by atoms with Crippen LogP contribution in [0.25, 0.3) is 0 Å². The highest BCUT2D eigenvalue weighted by molar-refractivity contribution is 7.84. The highest BCUT2D eigenvalue weighted by atomic mass is 32.2. The molecule has 1 N–H and O–H groups in total. The minimum atomic E-state index is -3.51.